The van der Waals surface area contributed by atoms with Crippen LogP contribution < -0.4 is 0 Å². The highest BCUT2D eigenvalue weighted by atomic mass is 35.5. The lowest BCUT2D eigenvalue weighted by Gasteiger charge is -2.34. The number of pyridine rings is 1. The summed E-state index contributed by atoms with van der Waals surface area (Å²) in [5.74, 6) is 0.162. The average Bonchev–Trinajstić information content (AvgIpc) is 2.88. The molecule has 3 heterocycles. The molecule has 0 bridgehead atoms. The zero-order chi connectivity index (χ0) is 18.0. The van der Waals surface area contributed by atoms with Crippen LogP contribution in [0.5, 0.6) is 0 Å². The van der Waals surface area contributed by atoms with Crippen molar-refractivity contribution in [3.8, 4) is 0 Å². The summed E-state index contributed by atoms with van der Waals surface area (Å²) in [7, 11) is 0. The van der Waals surface area contributed by atoms with Crippen molar-refractivity contribution in [1.82, 2.24) is 19.7 Å². The van der Waals surface area contributed by atoms with Gasteiger partial charge in [0.2, 0.25) is 5.91 Å². The van der Waals surface area contributed by atoms with Crippen LogP contribution in [0.1, 0.15) is 36.0 Å². The molecule has 1 amide bonds. The Labute approximate surface area is 152 Å². The summed E-state index contributed by atoms with van der Waals surface area (Å²) in [5.41, 5.74) is 2.25. The van der Waals surface area contributed by atoms with Gasteiger partial charge in [0.05, 0.1) is 28.2 Å². The van der Waals surface area contributed by atoms with Crippen molar-refractivity contribution in [3.63, 3.8) is 0 Å². The van der Waals surface area contributed by atoms with Crippen molar-refractivity contribution in [2.24, 2.45) is 5.92 Å². The summed E-state index contributed by atoms with van der Waals surface area (Å²) in [5, 5.41) is 15.4. The largest absolute Gasteiger partial charge is 0.387 e. The van der Waals surface area contributed by atoms with Crippen LogP contribution in [0.2, 0.25) is 5.02 Å². The molecule has 25 heavy (non-hydrogen) atoms. The Kier molecular flexibility index (Phi) is 5.39. The fourth-order valence-corrected chi connectivity index (χ4v) is 3.45. The lowest BCUT2D eigenvalue weighted by Crippen LogP contribution is -2.41. The van der Waals surface area contributed by atoms with Crippen LogP contribution >= 0.6 is 11.6 Å². The molecule has 3 rings (SSSR count). The number of aliphatic hydroxyl groups excluding tert-OH is 1. The topological polar surface area (TPSA) is 71.2 Å². The summed E-state index contributed by atoms with van der Waals surface area (Å²) in [6, 6.07) is 5.56. The van der Waals surface area contributed by atoms with E-state index in [-0.39, 0.29) is 18.4 Å². The highest BCUT2D eigenvalue weighted by Crippen LogP contribution is 2.29. The van der Waals surface area contributed by atoms with Gasteiger partial charge in [-0.25, -0.2) is 0 Å². The molecule has 0 unspecified atom stereocenters. The number of nitrogens with zero attached hydrogens (tertiary/aromatic N) is 4. The van der Waals surface area contributed by atoms with E-state index in [1.807, 2.05) is 36.9 Å². The van der Waals surface area contributed by atoms with Gasteiger partial charge in [-0.3, -0.25) is 14.5 Å². The van der Waals surface area contributed by atoms with E-state index in [9.17, 15) is 9.90 Å². The fourth-order valence-electron chi connectivity index (χ4n) is 3.31. The molecule has 2 aromatic heterocycles. The first-order valence-electron chi connectivity index (χ1n) is 8.53. The molecular formula is C18H23ClN4O2. The second-order valence-electron chi connectivity index (χ2n) is 6.56. The van der Waals surface area contributed by atoms with E-state index in [1.165, 1.54) is 0 Å². The summed E-state index contributed by atoms with van der Waals surface area (Å²) < 4.78 is 1.66. The minimum Gasteiger partial charge on any atom is -0.387 e. The Balaban J connectivity index is 1.56. The smallest absolute Gasteiger partial charge is 0.244 e. The van der Waals surface area contributed by atoms with E-state index in [4.69, 9.17) is 11.6 Å². The summed E-state index contributed by atoms with van der Waals surface area (Å²) in [6.07, 6.45) is 2.65. The number of amides is 1. The van der Waals surface area contributed by atoms with Gasteiger partial charge in [-0.05, 0) is 44.7 Å². The predicted octanol–water partition coefficient (Wildman–Crippen LogP) is 2.52. The monoisotopic (exact) mass is 362 g/mol. The molecule has 0 radical (unpaired) electrons. The van der Waals surface area contributed by atoms with Gasteiger partial charge in [-0.2, -0.15) is 5.10 Å². The molecule has 1 aliphatic heterocycles. The number of likely N-dealkylation sites (tertiary alicyclic amines) is 1. The first kappa shape index (κ1) is 17.9. The zero-order valence-electron chi connectivity index (χ0n) is 14.5. The molecule has 0 saturated carbocycles. The van der Waals surface area contributed by atoms with Crippen LogP contribution in [-0.2, 0) is 11.3 Å². The van der Waals surface area contributed by atoms with Gasteiger partial charge in [0.25, 0.3) is 0 Å². The summed E-state index contributed by atoms with van der Waals surface area (Å²) >= 11 is 6.14. The summed E-state index contributed by atoms with van der Waals surface area (Å²) in [4.78, 5) is 18.6. The number of aromatic nitrogens is 3. The number of aliphatic hydroxyl groups is 1. The van der Waals surface area contributed by atoms with Gasteiger partial charge < -0.3 is 10.0 Å². The fraction of sp³-hybridized carbons (Fsp3) is 0.500. The highest BCUT2D eigenvalue weighted by molar-refractivity contribution is 6.31. The maximum atomic E-state index is 12.5. The number of hydrogen-bond donors (Lipinski definition) is 1. The Morgan fingerprint density at radius 1 is 1.36 bits per heavy atom. The number of rotatable bonds is 4. The Morgan fingerprint density at radius 3 is 2.64 bits per heavy atom. The van der Waals surface area contributed by atoms with E-state index in [0.29, 0.717) is 23.8 Å². The van der Waals surface area contributed by atoms with Crippen molar-refractivity contribution in [2.75, 3.05) is 13.1 Å². The number of aryl methyl sites for hydroxylation is 1. The van der Waals surface area contributed by atoms with Crippen molar-refractivity contribution in [1.29, 1.82) is 0 Å². The van der Waals surface area contributed by atoms with E-state index in [0.717, 1.165) is 24.2 Å². The predicted molar refractivity (Wildman–Crippen MR) is 95.2 cm³/mol. The second-order valence-corrected chi connectivity index (χ2v) is 6.94. The van der Waals surface area contributed by atoms with Crippen molar-refractivity contribution < 1.29 is 9.90 Å². The molecule has 134 valence electrons. The SMILES string of the molecule is Cc1nn(CC(=O)N2CCC([C@H](O)c3ccccn3)CC2)c(C)c1Cl. The van der Waals surface area contributed by atoms with Crippen molar-refractivity contribution in [2.45, 2.75) is 39.3 Å². The molecule has 2 aromatic rings. The van der Waals surface area contributed by atoms with Gasteiger partial charge in [-0.15, -0.1) is 0 Å². The van der Waals surface area contributed by atoms with Crippen LogP contribution in [-0.4, -0.2) is 43.8 Å². The Hall–Kier alpha value is -1.92. The molecule has 6 nitrogen and oxygen atoms in total. The maximum absolute atomic E-state index is 12.5. The molecule has 1 saturated heterocycles. The lowest BCUT2D eigenvalue weighted by molar-refractivity contribution is -0.134. The van der Waals surface area contributed by atoms with Gasteiger partial charge in [-0.1, -0.05) is 17.7 Å². The number of piperidine rings is 1. The average molecular weight is 363 g/mol. The van der Waals surface area contributed by atoms with Gasteiger partial charge in [0.15, 0.2) is 0 Å². The molecule has 1 fully saturated rings. The number of carbonyl (C=O) groups is 1. The van der Waals surface area contributed by atoms with Crippen molar-refractivity contribution >= 4 is 17.5 Å². The normalized spacial score (nSPS) is 16.9. The molecule has 1 N–H and O–H groups in total. The van der Waals surface area contributed by atoms with Crippen molar-refractivity contribution in [3.05, 3.63) is 46.5 Å². The first-order chi connectivity index (χ1) is 12.0. The van der Waals surface area contributed by atoms with Crippen LogP contribution in [0.4, 0.5) is 0 Å². The highest BCUT2D eigenvalue weighted by Gasteiger charge is 2.29. The minimum atomic E-state index is -0.576. The quantitative estimate of drug-likeness (QED) is 0.907. The Bertz CT molecular complexity index is 739. The summed E-state index contributed by atoms with van der Waals surface area (Å²) in [6.45, 7) is 5.18. The third-order valence-electron chi connectivity index (χ3n) is 4.91. The first-order valence-corrected chi connectivity index (χ1v) is 8.91. The molecule has 0 spiro atoms. The third-order valence-corrected chi connectivity index (χ3v) is 5.45. The molecule has 1 aliphatic rings. The van der Waals surface area contributed by atoms with E-state index >= 15 is 0 Å². The molecule has 0 aliphatic carbocycles. The zero-order valence-corrected chi connectivity index (χ0v) is 15.3. The van der Waals surface area contributed by atoms with E-state index in [1.54, 1.807) is 10.9 Å². The number of carbonyl (C=O) groups excluding carboxylic acids is 1. The van der Waals surface area contributed by atoms with E-state index < -0.39 is 6.10 Å². The second kappa shape index (κ2) is 7.54. The standard InChI is InChI=1S/C18H23ClN4O2/c1-12-17(19)13(2)23(21-12)11-16(24)22-9-6-14(7-10-22)18(25)15-5-3-4-8-20-15/h3-5,8,14,18,25H,6-7,9-11H2,1-2H3/t18-/m0/s1. The maximum Gasteiger partial charge on any atom is 0.244 e. The minimum absolute atomic E-state index is 0.0352. The number of halogens is 1. The van der Waals surface area contributed by atoms with Crippen LogP contribution in [0, 0.1) is 19.8 Å². The Morgan fingerprint density at radius 2 is 2.08 bits per heavy atom. The van der Waals surface area contributed by atoms with Gasteiger partial charge in [0.1, 0.15) is 6.54 Å². The van der Waals surface area contributed by atoms with Gasteiger partial charge >= 0.3 is 0 Å². The molecule has 1 atom stereocenters. The van der Waals surface area contributed by atoms with Crippen LogP contribution in [0.25, 0.3) is 0 Å². The van der Waals surface area contributed by atoms with E-state index in [2.05, 4.69) is 10.1 Å². The third kappa shape index (κ3) is 3.85. The molecule has 0 aromatic carbocycles. The number of hydrogen-bond acceptors (Lipinski definition) is 4. The van der Waals surface area contributed by atoms with Crippen LogP contribution in [0.3, 0.4) is 0 Å². The molecule has 7 heteroatoms. The van der Waals surface area contributed by atoms with Gasteiger partial charge in [0, 0.05) is 19.3 Å². The molecular weight excluding hydrogens is 340 g/mol. The van der Waals surface area contributed by atoms with Crippen LogP contribution in [0.15, 0.2) is 24.4 Å². The lowest BCUT2D eigenvalue weighted by atomic mass is 9.89.